The molecule has 1 fully saturated rings. The zero-order valence-corrected chi connectivity index (χ0v) is 17.8. The third kappa shape index (κ3) is 5.89. The predicted octanol–water partition coefficient (Wildman–Crippen LogP) is 2.98. The van der Waals surface area contributed by atoms with E-state index in [2.05, 4.69) is 44.6 Å². The van der Waals surface area contributed by atoms with Crippen LogP contribution >= 0.6 is 24.0 Å². The molecule has 0 aromatic carbocycles. The summed E-state index contributed by atoms with van der Waals surface area (Å²) in [5.74, 6) is 2.92. The van der Waals surface area contributed by atoms with Crippen molar-refractivity contribution < 1.29 is 4.42 Å². The Bertz CT molecular complexity index is 664. The molecule has 0 radical (unpaired) electrons. The van der Waals surface area contributed by atoms with Gasteiger partial charge in [0.05, 0.1) is 6.26 Å². The van der Waals surface area contributed by atoms with Gasteiger partial charge in [-0.25, -0.2) is 4.98 Å². The van der Waals surface area contributed by atoms with Crippen LogP contribution in [0.5, 0.6) is 0 Å². The summed E-state index contributed by atoms with van der Waals surface area (Å²) >= 11 is 0. The molecule has 0 bridgehead atoms. The lowest BCUT2D eigenvalue weighted by atomic mass is 10.1. The van der Waals surface area contributed by atoms with Gasteiger partial charge in [-0.3, -0.25) is 4.99 Å². The molecule has 142 valence electrons. The molecule has 0 atom stereocenters. The largest absolute Gasteiger partial charge is 0.469 e. The Balaban J connectivity index is 0.00000243. The lowest BCUT2D eigenvalue weighted by Gasteiger charge is -2.33. The number of halogens is 1. The zero-order valence-electron chi connectivity index (χ0n) is 15.4. The fraction of sp³-hybridized carbons (Fsp3) is 0.474. The minimum absolute atomic E-state index is 0. The Morgan fingerprint density at radius 1 is 1.31 bits per heavy atom. The van der Waals surface area contributed by atoms with Crippen molar-refractivity contribution in [2.24, 2.45) is 4.99 Å². The number of aromatic nitrogens is 1. The van der Waals surface area contributed by atoms with E-state index in [1.165, 1.54) is 5.56 Å². The molecule has 1 aliphatic heterocycles. The third-order valence-electron chi connectivity index (χ3n) is 4.52. The fourth-order valence-electron chi connectivity index (χ4n) is 3.05. The molecule has 7 heteroatoms. The quantitative estimate of drug-likeness (QED) is 0.401. The normalized spacial score (nSPS) is 15.5. The van der Waals surface area contributed by atoms with Crippen molar-refractivity contribution in [3.05, 3.63) is 48.0 Å². The smallest absolute Gasteiger partial charge is 0.191 e. The molecule has 1 saturated heterocycles. The number of rotatable bonds is 5. The summed E-state index contributed by atoms with van der Waals surface area (Å²) in [7, 11) is 1.81. The van der Waals surface area contributed by atoms with Gasteiger partial charge in [0.2, 0.25) is 0 Å². The highest BCUT2D eigenvalue weighted by Crippen LogP contribution is 2.17. The summed E-state index contributed by atoms with van der Waals surface area (Å²) < 4.78 is 5.35. The van der Waals surface area contributed by atoms with E-state index >= 15 is 0 Å². The van der Waals surface area contributed by atoms with E-state index in [0.29, 0.717) is 6.04 Å². The molecule has 2 N–H and O–H groups in total. The lowest BCUT2D eigenvalue weighted by molar-refractivity contribution is 0.458. The molecular formula is C19H28IN5O. The average Bonchev–Trinajstić information content (AvgIpc) is 3.16. The van der Waals surface area contributed by atoms with Crippen molar-refractivity contribution in [1.29, 1.82) is 0 Å². The number of nitrogens with one attached hydrogen (secondary N) is 2. The second-order valence-corrected chi connectivity index (χ2v) is 6.43. The highest BCUT2D eigenvalue weighted by Gasteiger charge is 2.20. The van der Waals surface area contributed by atoms with Crippen LogP contribution in [-0.2, 0) is 6.42 Å². The van der Waals surface area contributed by atoms with Gasteiger partial charge in [0.1, 0.15) is 11.6 Å². The predicted molar refractivity (Wildman–Crippen MR) is 117 cm³/mol. The highest BCUT2D eigenvalue weighted by molar-refractivity contribution is 14.0. The van der Waals surface area contributed by atoms with E-state index < -0.39 is 0 Å². The summed E-state index contributed by atoms with van der Waals surface area (Å²) in [5, 5.41) is 6.89. The van der Waals surface area contributed by atoms with Crippen molar-refractivity contribution in [2.45, 2.75) is 32.2 Å². The number of anilines is 1. The van der Waals surface area contributed by atoms with Crippen LogP contribution in [0.1, 0.15) is 24.2 Å². The molecule has 1 aliphatic rings. The molecule has 6 nitrogen and oxygen atoms in total. The first-order chi connectivity index (χ1) is 12.2. The summed E-state index contributed by atoms with van der Waals surface area (Å²) in [4.78, 5) is 11.2. The van der Waals surface area contributed by atoms with Crippen LogP contribution in [0.4, 0.5) is 5.82 Å². The first-order valence-electron chi connectivity index (χ1n) is 8.92. The maximum Gasteiger partial charge on any atom is 0.191 e. The molecule has 3 heterocycles. The number of aryl methyl sites for hydroxylation is 1. The Kier molecular flexibility index (Phi) is 8.21. The maximum atomic E-state index is 5.35. The van der Waals surface area contributed by atoms with E-state index in [-0.39, 0.29) is 24.0 Å². The van der Waals surface area contributed by atoms with E-state index in [4.69, 9.17) is 4.42 Å². The summed E-state index contributed by atoms with van der Waals surface area (Å²) in [6.07, 6.45) is 6.65. The molecule has 0 saturated carbocycles. The number of guanidine groups is 1. The molecule has 2 aromatic rings. The van der Waals surface area contributed by atoms with Gasteiger partial charge >= 0.3 is 0 Å². The summed E-state index contributed by atoms with van der Waals surface area (Å²) in [6.45, 7) is 4.89. The number of furan rings is 1. The van der Waals surface area contributed by atoms with Gasteiger partial charge in [0.25, 0.3) is 0 Å². The second-order valence-electron chi connectivity index (χ2n) is 6.43. The Hall–Kier alpha value is -1.77. The van der Waals surface area contributed by atoms with Crippen LogP contribution in [0, 0.1) is 6.92 Å². The number of hydrogen-bond acceptors (Lipinski definition) is 4. The van der Waals surface area contributed by atoms with E-state index in [0.717, 1.165) is 56.4 Å². The Labute approximate surface area is 172 Å². The van der Waals surface area contributed by atoms with Crippen LogP contribution < -0.4 is 15.5 Å². The van der Waals surface area contributed by atoms with E-state index in [1.807, 2.05) is 25.4 Å². The lowest BCUT2D eigenvalue weighted by Crippen LogP contribution is -2.49. The highest BCUT2D eigenvalue weighted by atomic mass is 127. The SMILES string of the molecule is CN=C(NCCc1ccco1)NC1CCN(c2ccc(C)cn2)CC1.I. The number of piperidine rings is 1. The molecule has 3 rings (SSSR count). The minimum Gasteiger partial charge on any atom is -0.469 e. The topological polar surface area (TPSA) is 65.7 Å². The van der Waals surface area contributed by atoms with Gasteiger partial charge in [0, 0.05) is 45.3 Å². The van der Waals surface area contributed by atoms with Crippen molar-refractivity contribution in [3.8, 4) is 0 Å². The van der Waals surface area contributed by atoms with Crippen molar-refractivity contribution in [2.75, 3.05) is 31.6 Å². The fourth-order valence-corrected chi connectivity index (χ4v) is 3.05. The Morgan fingerprint density at radius 3 is 2.73 bits per heavy atom. The molecule has 2 aromatic heterocycles. The maximum absolute atomic E-state index is 5.35. The monoisotopic (exact) mass is 469 g/mol. The van der Waals surface area contributed by atoms with Gasteiger partial charge in [-0.2, -0.15) is 0 Å². The first-order valence-corrected chi connectivity index (χ1v) is 8.92. The molecule has 0 unspecified atom stereocenters. The zero-order chi connectivity index (χ0) is 17.5. The molecular weight excluding hydrogens is 441 g/mol. The van der Waals surface area contributed by atoms with Crippen LogP contribution in [0.15, 0.2) is 46.1 Å². The molecule has 0 aliphatic carbocycles. The number of pyridine rings is 1. The van der Waals surface area contributed by atoms with Crippen LogP contribution in [0.25, 0.3) is 0 Å². The second kappa shape index (κ2) is 10.4. The number of hydrogen-bond donors (Lipinski definition) is 2. The summed E-state index contributed by atoms with van der Waals surface area (Å²) in [5.41, 5.74) is 1.20. The Morgan fingerprint density at radius 2 is 2.12 bits per heavy atom. The van der Waals surface area contributed by atoms with Crippen molar-refractivity contribution >= 4 is 35.8 Å². The van der Waals surface area contributed by atoms with Gasteiger partial charge in [-0.1, -0.05) is 6.07 Å². The van der Waals surface area contributed by atoms with Crippen LogP contribution in [0.3, 0.4) is 0 Å². The first kappa shape index (κ1) is 20.5. The van der Waals surface area contributed by atoms with Crippen LogP contribution in [0.2, 0.25) is 0 Å². The number of aliphatic imine (C=N–C) groups is 1. The van der Waals surface area contributed by atoms with Gasteiger partial charge < -0.3 is 20.0 Å². The van der Waals surface area contributed by atoms with Gasteiger partial charge in [0.15, 0.2) is 5.96 Å². The minimum atomic E-state index is 0. The average molecular weight is 469 g/mol. The number of nitrogens with zero attached hydrogens (tertiary/aromatic N) is 3. The standard InChI is InChI=1S/C19H27N5O.HI/c1-15-5-6-18(22-14-15)24-11-8-16(9-12-24)23-19(20-2)21-10-7-17-4-3-13-25-17;/h3-6,13-14,16H,7-12H2,1-2H3,(H2,20,21,23);1H. The third-order valence-corrected chi connectivity index (χ3v) is 4.52. The van der Waals surface area contributed by atoms with Gasteiger partial charge in [-0.05, 0) is 43.5 Å². The molecule has 26 heavy (non-hydrogen) atoms. The summed E-state index contributed by atoms with van der Waals surface area (Å²) in [6, 6.07) is 8.58. The van der Waals surface area contributed by atoms with E-state index in [1.54, 1.807) is 6.26 Å². The van der Waals surface area contributed by atoms with Gasteiger partial charge in [-0.15, -0.1) is 24.0 Å². The van der Waals surface area contributed by atoms with Crippen molar-refractivity contribution in [3.63, 3.8) is 0 Å². The molecule has 0 spiro atoms. The molecule has 0 amide bonds. The van der Waals surface area contributed by atoms with Crippen molar-refractivity contribution in [1.82, 2.24) is 15.6 Å². The van der Waals surface area contributed by atoms with E-state index in [9.17, 15) is 0 Å². The van der Waals surface area contributed by atoms with Crippen LogP contribution in [-0.4, -0.2) is 43.7 Å².